The smallest absolute Gasteiger partial charge is 0.335 e. The zero-order valence-electron chi connectivity index (χ0n) is 11.7. The van der Waals surface area contributed by atoms with Crippen molar-refractivity contribution in [1.82, 2.24) is 8.61 Å². The van der Waals surface area contributed by atoms with E-state index < -0.39 is 16.2 Å². The third-order valence-electron chi connectivity index (χ3n) is 3.56. The minimum absolute atomic E-state index is 0.127. The predicted octanol–water partition coefficient (Wildman–Crippen LogP) is 1.29. The molecule has 0 saturated heterocycles. The summed E-state index contributed by atoms with van der Waals surface area (Å²) in [7, 11) is -1.97. The summed E-state index contributed by atoms with van der Waals surface area (Å²) < 4.78 is 27.5. The predicted molar refractivity (Wildman–Crippen MR) is 74.5 cm³/mol. The third-order valence-corrected chi connectivity index (χ3v) is 5.62. The van der Waals surface area contributed by atoms with Crippen molar-refractivity contribution in [3.63, 3.8) is 0 Å². The lowest BCUT2D eigenvalue weighted by Gasteiger charge is -2.26. The molecule has 0 atom stereocenters. The number of benzene rings is 1. The molecule has 20 heavy (non-hydrogen) atoms. The van der Waals surface area contributed by atoms with Crippen molar-refractivity contribution in [2.45, 2.75) is 33.0 Å². The Morgan fingerprint density at radius 2 is 1.90 bits per heavy atom. The van der Waals surface area contributed by atoms with Crippen molar-refractivity contribution < 1.29 is 18.3 Å². The first-order valence-electron chi connectivity index (χ1n) is 6.31. The van der Waals surface area contributed by atoms with Gasteiger partial charge in [-0.3, -0.25) is 0 Å². The molecular formula is C13H18N2O4S. The molecule has 110 valence electrons. The lowest BCUT2D eigenvalue weighted by molar-refractivity contribution is 0.0696. The highest BCUT2D eigenvalue weighted by Gasteiger charge is 2.33. The van der Waals surface area contributed by atoms with E-state index in [4.69, 9.17) is 5.11 Å². The van der Waals surface area contributed by atoms with Crippen molar-refractivity contribution >= 4 is 16.2 Å². The van der Waals surface area contributed by atoms with E-state index in [-0.39, 0.29) is 24.7 Å². The second kappa shape index (κ2) is 5.16. The Kier molecular flexibility index (Phi) is 3.86. The van der Waals surface area contributed by atoms with Gasteiger partial charge in [-0.05, 0) is 37.1 Å². The second-order valence-electron chi connectivity index (χ2n) is 5.17. The molecule has 1 heterocycles. The minimum atomic E-state index is -3.52. The van der Waals surface area contributed by atoms with Crippen molar-refractivity contribution in [2.24, 2.45) is 0 Å². The number of nitrogens with zero attached hydrogens (tertiary/aromatic N) is 2. The van der Waals surface area contributed by atoms with Gasteiger partial charge < -0.3 is 5.11 Å². The van der Waals surface area contributed by atoms with Gasteiger partial charge in [-0.15, -0.1) is 0 Å². The van der Waals surface area contributed by atoms with E-state index in [1.54, 1.807) is 19.2 Å². The number of rotatable bonds is 4. The van der Waals surface area contributed by atoms with Crippen molar-refractivity contribution in [2.75, 3.05) is 7.05 Å². The molecule has 1 aliphatic heterocycles. The highest BCUT2D eigenvalue weighted by Crippen LogP contribution is 2.27. The Bertz CT molecular complexity index is 640. The molecule has 0 fully saturated rings. The van der Waals surface area contributed by atoms with E-state index in [2.05, 4.69) is 0 Å². The van der Waals surface area contributed by atoms with Crippen LogP contribution in [0.25, 0.3) is 0 Å². The molecule has 0 spiro atoms. The fourth-order valence-electron chi connectivity index (χ4n) is 2.11. The van der Waals surface area contributed by atoms with Gasteiger partial charge in [-0.2, -0.15) is 17.0 Å². The van der Waals surface area contributed by atoms with Crippen LogP contribution in [0.2, 0.25) is 0 Å². The number of aromatic carboxylic acids is 1. The third kappa shape index (κ3) is 2.56. The highest BCUT2D eigenvalue weighted by atomic mass is 32.2. The molecule has 0 radical (unpaired) electrons. The molecule has 0 aliphatic carbocycles. The van der Waals surface area contributed by atoms with E-state index >= 15 is 0 Å². The minimum Gasteiger partial charge on any atom is -0.478 e. The lowest BCUT2D eigenvalue weighted by Crippen LogP contribution is -2.42. The van der Waals surface area contributed by atoms with Crippen molar-refractivity contribution in [3.05, 3.63) is 34.9 Å². The molecular weight excluding hydrogens is 280 g/mol. The number of carboxylic acid groups (broad SMARTS) is 1. The van der Waals surface area contributed by atoms with Crippen LogP contribution >= 0.6 is 0 Å². The molecule has 0 bridgehead atoms. The van der Waals surface area contributed by atoms with Crippen LogP contribution in [-0.4, -0.2) is 41.2 Å². The molecule has 1 N–H and O–H groups in total. The Balaban J connectivity index is 2.27. The van der Waals surface area contributed by atoms with Gasteiger partial charge >= 0.3 is 5.97 Å². The van der Waals surface area contributed by atoms with Crippen LogP contribution < -0.4 is 0 Å². The maximum Gasteiger partial charge on any atom is 0.335 e. The van der Waals surface area contributed by atoms with Crippen LogP contribution in [0, 0.1) is 0 Å². The molecule has 7 heteroatoms. The van der Waals surface area contributed by atoms with Gasteiger partial charge in [-0.25, -0.2) is 4.79 Å². The number of carbonyl (C=O) groups is 1. The van der Waals surface area contributed by atoms with E-state index in [1.165, 1.54) is 14.7 Å². The summed E-state index contributed by atoms with van der Waals surface area (Å²) in [6.07, 6.45) is 0. The number of fused-ring (bicyclic) bond motifs is 1. The standard InChI is InChI=1S/C13H18N2O4S/c1-9(2)14(3)20(18,19)15-7-11-5-4-10(13(16)17)6-12(11)8-15/h4-6,9H,7-8H2,1-3H3,(H,16,17). The van der Waals surface area contributed by atoms with Crippen molar-refractivity contribution in [3.8, 4) is 0 Å². The number of hydrogen-bond donors (Lipinski definition) is 1. The summed E-state index contributed by atoms with van der Waals surface area (Å²) in [5.41, 5.74) is 1.79. The molecule has 0 aromatic heterocycles. The summed E-state index contributed by atoms with van der Waals surface area (Å²) in [4.78, 5) is 10.9. The quantitative estimate of drug-likeness (QED) is 0.908. The summed E-state index contributed by atoms with van der Waals surface area (Å²) >= 11 is 0. The molecule has 1 aromatic rings. The van der Waals surface area contributed by atoms with Gasteiger partial charge in [0.05, 0.1) is 5.56 Å². The molecule has 1 aliphatic rings. The van der Waals surface area contributed by atoms with Crippen LogP contribution in [-0.2, 0) is 23.3 Å². The fourth-order valence-corrected chi connectivity index (χ4v) is 3.61. The first-order chi connectivity index (χ1) is 9.23. The first kappa shape index (κ1) is 15.0. The average Bonchev–Trinajstić information content (AvgIpc) is 2.80. The first-order valence-corrected chi connectivity index (χ1v) is 7.71. The van der Waals surface area contributed by atoms with Crippen LogP contribution in [0.15, 0.2) is 18.2 Å². The van der Waals surface area contributed by atoms with E-state index in [1.807, 2.05) is 13.8 Å². The largest absolute Gasteiger partial charge is 0.478 e. The van der Waals surface area contributed by atoms with Gasteiger partial charge in [0.15, 0.2) is 0 Å². The lowest BCUT2D eigenvalue weighted by atomic mass is 10.1. The monoisotopic (exact) mass is 298 g/mol. The van der Waals surface area contributed by atoms with E-state index in [0.29, 0.717) is 0 Å². The maximum atomic E-state index is 12.4. The zero-order valence-corrected chi connectivity index (χ0v) is 12.5. The Labute approximate surface area is 118 Å². The molecule has 1 aromatic carbocycles. The van der Waals surface area contributed by atoms with Crippen LogP contribution in [0.3, 0.4) is 0 Å². The highest BCUT2D eigenvalue weighted by molar-refractivity contribution is 7.86. The van der Waals surface area contributed by atoms with Gasteiger partial charge in [0.1, 0.15) is 0 Å². The molecule has 0 saturated carbocycles. The van der Waals surface area contributed by atoms with Crippen molar-refractivity contribution in [1.29, 1.82) is 0 Å². The summed E-state index contributed by atoms with van der Waals surface area (Å²) in [5.74, 6) is -1.01. The number of carboxylic acids is 1. The van der Waals surface area contributed by atoms with E-state index in [0.717, 1.165) is 11.1 Å². The second-order valence-corrected chi connectivity index (χ2v) is 7.16. The zero-order chi connectivity index (χ0) is 15.1. The Morgan fingerprint density at radius 3 is 2.45 bits per heavy atom. The maximum absolute atomic E-state index is 12.4. The molecule has 0 amide bonds. The molecule has 2 rings (SSSR count). The normalized spacial score (nSPS) is 15.8. The van der Waals surface area contributed by atoms with Gasteiger partial charge in [0.2, 0.25) is 0 Å². The molecule has 6 nitrogen and oxygen atoms in total. The molecule has 0 unspecified atom stereocenters. The average molecular weight is 298 g/mol. The number of hydrogen-bond acceptors (Lipinski definition) is 3. The van der Waals surface area contributed by atoms with E-state index in [9.17, 15) is 13.2 Å². The topological polar surface area (TPSA) is 77.9 Å². The SMILES string of the molecule is CC(C)N(C)S(=O)(=O)N1Cc2ccc(C(=O)O)cc2C1. The summed E-state index contributed by atoms with van der Waals surface area (Å²) in [5, 5.41) is 8.96. The Hall–Kier alpha value is -1.44. The van der Waals surface area contributed by atoms with Crippen LogP contribution in [0.1, 0.15) is 35.3 Å². The fraction of sp³-hybridized carbons (Fsp3) is 0.462. The van der Waals surface area contributed by atoms with Crippen LogP contribution in [0.5, 0.6) is 0 Å². The van der Waals surface area contributed by atoms with Gasteiger partial charge in [0.25, 0.3) is 10.2 Å². The van der Waals surface area contributed by atoms with Gasteiger partial charge in [0, 0.05) is 26.2 Å². The summed E-state index contributed by atoms with van der Waals surface area (Å²) in [6.45, 7) is 4.12. The van der Waals surface area contributed by atoms with Crippen LogP contribution in [0.4, 0.5) is 0 Å². The Morgan fingerprint density at radius 1 is 1.30 bits per heavy atom. The van der Waals surface area contributed by atoms with Gasteiger partial charge in [-0.1, -0.05) is 6.07 Å². The summed E-state index contributed by atoms with van der Waals surface area (Å²) in [6, 6.07) is 4.61.